The van der Waals surface area contributed by atoms with Crippen LogP contribution in [0.25, 0.3) is 0 Å². The first-order chi connectivity index (χ1) is 3.81. The zero-order valence-corrected chi connectivity index (χ0v) is 4.75. The molecule has 2 N–H and O–H groups in total. The predicted molar refractivity (Wildman–Crippen MR) is 31.7 cm³/mol. The molecule has 47 valence electrons. The molecule has 1 atom stereocenters. The van der Waals surface area contributed by atoms with Crippen LogP contribution in [-0.2, 0) is 0 Å². The van der Waals surface area contributed by atoms with E-state index in [1.165, 1.54) is 0 Å². The van der Waals surface area contributed by atoms with Crippen LogP contribution >= 0.6 is 0 Å². The zero-order chi connectivity index (χ0) is 6.41. The maximum Gasteiger partial charge on any atom is 0.108 e. The minimum Gasteiger partial charge on any atom is -0.390 e. The van der Waals surface area contributed by atoms with E-state index in [0.29, 0.717) is 6.42 Å². The summed E-state index contributed by atoms with van der Waals surface area (Å²) in [5, 5.41) is 16.8. The van der Waals surface area contributed by atoms with Gasteiger partial charge in [0.2, 0.25) is 0 Å². The lowest BCUT2D eigenvalue weighted by atomic mass is 10.2. The van der Waals surface area contributed by atoms with Crippen molar-refractivity contribution >= 4 is 0 Å². The molecule has 2 heteroatoms. The van der Waals surface area contributed by atoms with Crippen LogP contribution in [0.1, 0.15) is 12.8 Å². The van der Waals surface area contributed by atoms with Crippen molar-refractivity contribution in [3.63, 3.8) is 0 Å². The van der Waals surface area contributed by atoms with E-state index in [-0.39, 0.29) is 0 Å². The lowest BCUT2D eigenvalue weighted by Gasteiger charge is -2.00. The molecule has 1 radical (unpaired) electrons. The van der Waals surface area contributed by atoms with E-state index in [9.17, 15) is 0 Å². The zero-order valence-electron chi connectivity index (χ0n) is 4.75. The number of hydrogen-bond donors (Lipinski definition) is 2. The molecule has 0 fully saturated rings. The van der Waals surface area contributed by atoms with Gasteiger partial charge in [-0.1, -0.05) is 6.08 Å². The monoisotopic (exact) mass is 115 g/mol. The molecule has 0 aliphatic heterocycles. The fraction of sp³-hybridized carbons (Fsp3) is 0.500. The van der Waals surface area contributed by atoms with E-state index < -0.39 is 6.10 Å². The first-order valence-electron chi connectivity index (χ1n) is 2.57. The van der Waals surface area contributed by atoms with Crippen molar-refractivity contribution in [1.82, 2.24) is 0 Å². The number of aliphatic hydroxyl groups is 2. The van der Waals surface area contributed by atoms with Gasteiger partial charge < -0.3 is 10.2 Å². The highest BCUT2D eigenvalue weighted by molar-refractivity contribution is 4.71. The molecule has 1 unspecified atom stereocenters. The molecule has 0 spiro atoms. The van der Waals surface area contributed by atoms with Gasteiger partial charge in [-0.05, 0) is 12.8 Å². The van der Waals surface area contributed by atoms with Crippen LogP contribution in [0.2, 0.25) is 0 Å². The van der Waals surface area contributed by atoms with E-state index >= 15 is 0 Å². The fourth-order valence-electron chi connectivity index (χ4n) is 0.363. The summed E-state index contributed by atoms with van der Waals surface area (Å²) in [7, 11) is 0. The Morgan fingerprint density at radius 1 is 1.62 bits per heavy atom. The van der Waals surface area contributed by atoms with Crippen LogP contribution < -0.4 is 0 Å². The Morgan fingerprint density at radius 2 is 2.25 bits per heavy atom. The predicted octanol–water partition coefficient (Wildman–Crippen LogP) is 0.848. The van der Waals surface area contributed by atoms with E-state index in [2.05, 4.69) is 6.58 Å². The Kier molecular flexibility index (Phi) is 4.61. The second-order valence-electron chi connectivity index (χ2n) is 1.58. The van der Waals surface area contributed by atoms with Crippen molar-refractivity contribution in [2.24, 2.45) is 0 Å². The molecule has 0 aromatic rings. The second kappa shape index (κ2) is 4.81. The fourth-order valence-corrected chi connectivity index (χ4v) is 0.363. The Balaban J connectivity index is 2.97. The van der Waals surface area contributed by atoms with Gasteiger partial charge in [0, 0.05) is 0 Å². The van der Waals surface area contributed by atoms with Gasteiger partial charge in [-0.3, -0.25) is 0 Å². The van der Waals surface area contributed by atoms with Gasteiger partial charge in [-0.25, -0.2) is 0 Å². The van der Waals surface area contributed by atoms with Crippen molar-refractivity contribution in [1.29, 1.82) is 0 Å². The summed E-state index contributed by atoms with van der Waals surface area (Å²) in [6.07, 6.45) is 2.30. The summed E-state index contributed by atoms with van der Waals surface area (Å²) in [5.41, 5.74) is 0. The lowest BCUT2D eigenvalue weighted by molar-refractivity contribution is 0.137. The van der Waals surface area contributed by atoms with Crippen LogP contribution in [0.15, 0.2) is 12.7 Å². The van der Waals surface area contributed by atoms with Crippen molar-refractivity contribution in [2.45, 2.75) is 18.9 Å². The largest absolute Gasteiger partial charge is 0.390 e. The minimum atomic E-state index is -0.687. The molecule has 0 rings (SSSR count). The summed E-state index contributed by atoms with van der Waals surface area (Å²) in [4.78, 5) is 0. The topological polar surface area (TPSA) is 40.5 Å². The van der Waals surface area contributed by atoms with Crippen molar-refractivity contribution < 1.29 is 10.2 Å². The summed E-state index contributed by atoms with van der Waals surface area (Å²) >= 11 is 0. The third-order valence-corrected chi connectivity index (χ3v) is 0.839. The molecule has 0 amide bonds. The van der Waals surface area contributed by atoms with Crippen LogP contribution in [-0.4, -0.2) is 16.3 Å². The molecule has 0 bridgehead atoms. The first kappa shape index (κ1) is 7.66. The third kappa shape index (κ3) is 3.84. The normalized spacial score (nSPS) is 13.2. The quantitative estimate of drug-likeness (QED) is 0.533. The average molecular weight is 115 g/mol. The molecular formula is C6H11O2. The number of aliphatic hydroxyl groups excluding tert-OH is 2. The van der Waals surface area contributed by atoms with Crippen LogP contribution in [0.4, 0.5) is 0 Å². The Hall–Kier alpha value is -0.340. The summed E-state index contributed by atoms with van der Waals surface area (Å²) < 4.78 is 0. The van der Waals surface area contributed by atoms with Crippen molar-refractivity contribution in [2.75, 3.05) is 0 Å². The Morgan fingerprint density at radius 3 is 2.62 bits per heavy atom. The number of allylic oxidation sites excluding steroid dienone is 1. The van der Waals surface area contributed by atoms with E-state index in [4.69, 9.17) is 10.2 Å². The standard InChI is InChI=1S/C6H11O2/c1-2-3-4-6(8)5-7/h2,5-8H,1,3-4H2. The molecule has 0 aromatic heterocycles. The number of hydrogen-bond acceptors (Lipinski definition) is 2. The SMILES string of the molecule is C=CCCC(O)[CH]O. The van der Waals surface area contributed by atoms with E-state index in [1.807, 2.05) is 0 Å². The lowest BCUT2D eigenvalue weighted by Crippen LogP contribution is -2.04. The summed E-state index contributed by atoms with van der Waals surface area (Å²) in [6, 6.07) is 0. The molecule has 0 aliphatic rings. The van der Waals surface area contributed by atoms with Gasteiger partial charge in [-0.2, -0.15) is 0 Å². The smallest absolute Gasteiger partial charge is 0.108 e. The molecule has 0 aliphatic carbocycles. The van der Waals surface area contributed by atoms with Gasteiger partial charge in [0.15, 0.2) is 0 Å². The highest BCUT2D eigenvalue weighted by Crippen LogP contribution is 1.97. The van der Waals surface area contributed by atoms with Gasteiger partial charge in [0.25, 0.3) is 0 Å². The first-order valence-corrected chi connectivity index (χ1v) is 2.57. The van der Waals surface area contributed by atoms with Gasteiger partial charge in [-0.15, -0.1) is 6.58 Å². The average Bonchev–Trinajstić information content (AvgIpc) is 1.83. The molecule has 0 heterocycles. The minimum absolute atomic E-state index is 0.556. The summed E-state index contributed by atoms with van der Waals surface area (Å²) in [6.45, 7) is 4.24. The van der Waals surface area contributed by atoms with E-state index in [1.54, 1.807) is 6.08 Å². The van der Waals surface area contributed by atoms with Crippen LogP contribution in [0.3, 0.4) is 0 Å². The van der Waals surface area contributed by atoms with Crippen LogP contribution in [0, 0.1) is 6.61 Å². The Bertz CT molecular complexity index is 61.5. The van der Waals surface area contributed by atoms with E-state index in [0.717, 1.165) is 13.0 Å². The molecular weight excluding hydrogens is 104 g/mol. The molecule has 0 saturated carbocycles. The third-order valence-electron chi connectivity index (χ3n) is 0.839. The Labute approximate surface area is 49.5 Å². The molecule has 2 nitrogen and oxygen atoms in total. The molecule has 0 aromatic carbocycles. The number of rotatable bonds is 4. The van der Waals surface area contributed by atoms with Gasteiger partial charge in [0.1, 0.15) is 6.61 Å². The van der Waals surface area contributed by atoms with Gasteiger partial charge >= 0.3 is 0 Å². The molecule has 8 heavy (non-hydrogen) atoms. The second-order valence-corrected chi connectivity index (χ2v) is 1.58. The maximum atomic E-state index is 8.64. The van der Waals surface area contributed by atoms with Gasteiger partial charge in [0.05, 0.1) is 6.10 Å². The highest BCUT2D eigenvalue weighted by Gasteiger charge is 1.97. The van der Waals surface area contributed by atoms with Crippen molar-refractivity contribution in [3.8, 4) is 0 Å². The van der Waals surface area contributed by atoms with Crippen LogP contribution in [0.5, 0.6) is 0 Å². The highest BCUT2D eigenvalue weighted by atomic mass is 16.3. The summed E-state index contributed by atoms with van der Waals surface area (Å²) in [5.74, 6) is 0. The molecule has 0 saturated heterocycles. The van der Waals surface area contributed by atoms with Crippen molar-refractivity contribution in [3.05, 3.63) is 19.3 Å². The maximum absolute atomic E-state index is 8.64.